The van der Waals surface area contributed by atoms with Gasteiger partial charge in [-0.15, -0.1) is 0 Å². The minimum absolute atomic E-state index is 0.359. The predicted molar refractivity (Wildman–Crippen MR) is 85.4 cm³/mol. The van der Waals surface area contributed by atoms with Crippen LogP contribution >= 0.6 is 0 Å². The Morgan fingerprint density at radius 2 is 1.81 bits per heavy atom. The van der Waals surface area contributed by atoms with Gasteiger partial charge in [0, 0.05) is 23.5 Å². The van der Waals surface area contributed by atoms with Gasteiger partial charge < -0.3 is 10.0 Å². The Morgan fingerprint density at radius 1 is 1.10 bits per heavy atom. The van der Waals surface area contributed by atoms with Crippen LogP contribution in [0.15, 0.2) is 48.5 Å². The van der Waals surface area contributed by atoms with Gasteiger partial charge >= 0.3 is 0 Å². The molecule has 1 atom stereocenters. The van der Waals surface area contributed by atoms with Crippen molar-refractivity contribution >= 4 is 11.4 Å². The molecule has 112 valence electrons. The molecule has 0 bridgehead atoms. The van der Waals surface area contributed by atoms with Gasteiger partial charge in [0.05, 0.1) is 6.10 Å². The van der Waals surface area contributed by atoms with E-state index in [2.05, 4.69) is 11.8 Å². The quantitative estimate of drug-likeness (QED) is 0.823. The van der Waals surface area contributed by atoms with Crippen molar-refractivity contribution in [2.45, 2.75) is 32.8 Å². The Kier molecular flexibility index (Phi) is 5.34. The summed E-state index contributed by atoms with van der Waals surface area (Å²) in [7, 11) is 0. The fourth-order valence-corrected chi connectivity index (χ4v) is 2.49. The number of aliphatic hydroxyl groups excluding tert-OH is 1. The topological polar surface area (TPSA) is 23.5 Å². The molecule has 0 unspecified atom stereocenters. The fourth-order valence-electron chi connectivity index (χ4n) is 2.49. The Morgan fingerprint density at radius 3 is 2.43 bits per heavy atom. The number of para-hydroxylation sites is 1. The van der Waals surface area contributed by atoms with Crippen molar-refractivity contribution in [1.82, 2.24) is 0 Å². The van der Waals surface area contributed by atoms with E-state index in [4.69, 9.17) is 0 Å². The fraction of sp³-hybridized carbons (Fsp3) is 0.333. The van der Waals surface area contributed by atoms with Gasteiger partial charge in [0.2, 0.25) is 0 Å². The third-order valence-electron chi connectivity index (χ3n) is 3.54. The summed E-state index contributed by atoms with van der Waals surface area (Å²) in [5.41, 5.74) is 2.11. The van der Waals surface area contributed by atoms with E-state index in [1.807, 2.05) is 36.4 Å². The summed E-state index contributed by atoms with van der Waals surface area (Å²) >= 11 is 0. The van der Waals surface area contributed by atoms with Crippen molar-refractivity contribution < 1.29 is 9.50 Å². The Balaban J connectivity index is 2.49. The smallest absolute Gasteiger partial charge is 0.131 e. The van der Waals surface area contributed by atoms with E-state index in [0.29, 0.717) is 5.56 Å². The number of hydrogen-bond donors (Lipinski definition) is 1. The van der Waals surface area contributed by atoms with Crippen molar-refractivity contribution in [3.8, 4) is 0 Å². The highest BCUT2D eigenvalue weighted by Crippen LogP contribution is 2.33. The first-order valence-corrected chi connectivity index (χ1v) is 7.44. The van der Waals surface area contributed by atoms with Crippen LogP contribution in [0.2, 0.25) is 0 Å². The van der Waals surface area contributed by atoms with E-state index in [1.54, 1.807) is 13.0 Å². The number of halogens is 1. The lowest BCUT2D eigenvalue weighted by molar-refractivity contribution is 0.194. The maximum atomic E-state index is 14.1. The van der Waals surface area contributed by atoms with Crippen molar-refractivity contribution in [2.75, 3.05) is 11.4 Å². The number of unbranched alkanes of at least 4 members (excludes halogenated alkanes) is 1. The van der Waals surface area contributed by atoms with E-state index < -0.39 is 6.10 Å². The Bertz CT molecular complexity index is 569. The standard InChI is InChI=1S/C18H22FNO/c1-3-4-13-20(15-9-6-5-7-10-15)17-12-8-11-16(19)18(17)14(2)21/h5-12,14,21H,3-4,13H2,1-2H3/t14-/m1/s1. The monoisotopic (exact) mass is 287 g/mol. The van der Waals surface area contributed by atoms with Crippen LogP contribution in [0, 0.1) is 5.82 Å². The van der Waals surface area contributed by atoms with Crippen LogP contribution in [0.3, 0.4) is 0 Å². The molecular weight excluding hydrogens is 265 g/mol. The van der Waals surface area contributed by atoms with E-state index >= 15 is 0 Å². The lowest BCUT2D eigenvalue weighted by atomic mass is 10.1. The minimum atomic E-state index is -0.839. The van der Waals surface area contributed by atoms with E-state index in [-0.39, 0.29) is 5.82 Å². The van der Waals surface area contributed by atoms with Gasteiger partial charge in [0.15, 0.2) is 0 Å². The second kappa shape index (κ2) is 7.23. The first kappa shape index (κ1) is 15.5. The van der Waals surface area contributed by atoms with Gasteiger partial charge in [-0.05, 0) is 37.6 Å². The molecule has 0 aliphatic heterocycles. The molecular formula is C18H22FNO. The van der Waals surface area contributed by atoms with Crippen LogP contribution in [-0.2, 0) is 0 Å². The van der Waals surface area contributed by atoms with Gasteiger partial charge in [0.25, 0.3) is 0 Å². The molecule has 2 nitrogen and oxygen atoms in total. The number of aliphatic hydroxyl groups is 1. The molecule has 0 aliphatic carbocycles. The van der Waals surface area contributed by atoms with Crippen LogP contribution in [0.25, 0.3) is 0 Å². The zero-order chi connectivity index (χ0) is 15.2. The predicted octanol–water partition coefficient (Wildman–Crippen LogP) is 4.82. The van der Waals surface area contributed by atoms with Crippen molar-refractivity contribution in [3.63, 3.8) is 0 Å². The average Bonchev–Trinajstić information content (AvgIpc) is 2.48. The molecule has 0 saturated carbocycles. The zero-order valence-electron chi connectivity index (χ0n) is 12.6. The molecule has 0 spiro atoms. The molecule has 0 fully saturated rings. The highest BCUT2D eigenvalue weighted by molar-refractivity contribution is 5.67. The number of benzene rings is 2. The molecule has 2 aromatic carbocycles. The van der Waals surface area contributed by atoms with Crippen molar-refractivity contribution in [2.24, 2.45) is 0 Å². The molecule has 1 N–H and O–H groups in total. The maximum absolute atomic E-state index is 14.1. The lowest BCUT2D eigenvalue weighted by Gasteiger charge is -2.28. The second-order valence-electron chi connectivity index (χ2n) is 5.19. The van der Waals surface area contributed by atoms with Crippen molar-refractivity contribution in [1.29, 1.82) is 0 Å². The maximum Gasteiger partial charge on any atom is 0.131 e. The molecule has 0 heterocycles. The number of rotatable bonds is 6. The molecule has 0 aliphatic rings. The number of anilines is 2. The van der Waals surface area contributed by atoms with Crippen LogP contribution in [0.1, 0.15) is 38.4 Å². The largest absolute Gasteiger partial charge is 0.389 e. The second-order valence-corrected chi connectivity index (χ2v) is 5.19. The Labute approximate surface area is 125 Å². The summed E-state index contributed by atoms with van der Waals surface area (Å²) in [6, 6.07) is 14.9. The van der Waals surface area contributed by atoms with E-state index in [0.717, 1.165) is 30.8 Å². The SMILES string of the molecule is CCCCN(c1ccccc1)c1cccc(F)c1[C@@H](C)O. The lowest BCUT2D eigenvalue weighted by Crippen LogP contribution is -2.21. The summed E-state index contributed by atoms with van der Waals surface area (Å²) in [4.78, 5) is 2.08. The molecule has 0 saturated heterocycles. The van der Waals surface area contributed by atoms with E-state index in [1.165, 1.54) is 6.07 Å². The molecule has 2 aromatic rings. The molecule has 0 aromatic heterocycles. The van der Waals surface area contributed by atoms with E-state index in [9.17, 15) is 9.50 Å². The van der Waals surface area contributed by atoms with Gasteiger partial charge in [-0.25, -0.2) is 4.39 Å². The van der Waals surface area contributed by atoms with Gasteiger partial charge in [-0.2, -0.15) is 0 Å². The average molecular weight is 287 g/mol. The summed E-state index contributed by atoms with van der Waals surface area (Å²) < 4.78 is 14.1. The van der Waals surface area contributed by atoms with Crippen LogP contribution in [0.5, 0.6) is 0 Å². The summed E-state index contributed by atoms with van der Waals surface area (Å²) in [5, 5.41) is 9.94. The summed E-state index contributed by atoms with van der Waals surface area (Å²) in [6.07, 6.45) is 1.22. The molecule has 0 radical (unpaired) electrons. The number of nitrogens with zero attached hydrogens (tertiary/aromatic N) is 1. The summed E-state index contributed by atoms with van der Waals surface area (Å²) in [6.45, 7) is 4.53. The highest BCUT2D eigenvalue weighted by Gasteiger charge is 2.19. The number of hydrogen-bond acceptors (Lipinski definition) is 2. The molecule has 0 amide bonds. The summed E-state index contributed by atoms with van der Waals surface area (Å²) in [5.74, 6) is -0.361. The molecule has 21 heavy (non-hydrogen) atoms. The molecule has 3 heteroatoms. The van der Waals surface area contributed by atoms with Crippen LogP contribution < -0.4 is 4.90 Å². The first-order chi connectivity index (χ1) is 10.1. The van der Waals surface area contributed by atoms with Crippen LogP contribution in [0.4, 0.5) is 15.8 Å². The van der Waals surface area contributed by atoms with Crippen LogP contribution in [-0.4, -0.2) is 11.7 Å². The normalized spacial score (nSPS) is 12.2. The zero-order valence-corrected chi connectivity index (χ0v) is 12.6. The molecule has 2 rings (SSSR count). The first-order valence-electron chi connectivity index (χ1n) is 7.44. The van der Waals surface area contributed by atoms with Gasteiger partial charge in [0.1, 0.15) is 5.82 Å². The van der Waals surface area contributed by atoms with Crippen molar-refractivity contribution in [3.05, 3.63) is 59.9 Å². The minimum Gasteiger partial charge on any atom is -0.389 e. The highest BCUT2D eigenvalue weighted by atomic mass is 19.1. The van der Waals surface area contributed by atoms with Gasteiger partial charge in [-0.3, -0.25) is 0 Å². The Hall–Kier alpha value is -1.87. The van der Waals surface area contributed by atoms with Gasteiger partial charge in [-0.1, -0.05) is 37.6 Å². The third-order valence-corrected chi connectivity index (χ3v) is 3.54. The third kappa shape index (κ3) is 3.61.